The van der Waals surface area contributed by atoms with Gasteiger partial charge in [0, 0.05) is 10.2 Å². The highest BCUT2D eigenvalue weighted by atomic mass is 79.9. The number of hydrogen-bond donors (Lipinski definition) is 1. The minimum atomic E-state index is -1.00. The van der Waals surface area contributed by atoms with Crippen molar-refractivity contribution in [2.75, 3.05) is 0 Å². The topological polar surface area (TPSA) is 55.1 Å². The van der Waals surface area contributed by atoms with Crippen molar-refractivity contribution in [3.63, 3.8) is 0 Å². The first-order valence-corrected chi connectivity index (χ1v) is 6.69. The standard InChI is InChI=1S/C14H15BrN2O2/c1-9-8-12(14(2,3)13(18)19)16-17(9)11-7-5-4-6-10(11)15/h4-8H,1-3H3,(H,18,19). The minimum Gasteiger partial charge on any atom is -0.481 e. The van der Waals surface area contributed by atoms with Crippen molar-refractivity contribution in [1.82, 2.24) is 9.78 Å². The quantitative estimate of drug-likeness (QED) is 0.943. The van der Waals surface area contributed by atoms with E-state index in [0.717, 1.165) is 15.9 Å². The largest absolute Gasteiger partial charge is 0.481 e. The average molecular weight is 323 g/mol. The Balaban J connectivity index is 2.55. The predicted octanol–water partition coefficient (Wildman–Crippen LogP) is 3.31. The Kier molecular flexibility index (Phi) is 3.49. The highest BCUT2D eigenvalue weighted by Gasteiger charge is 2.32. The van der Waals surface area contributed by atoms with Gasteiger partial charge in [-0.1, -0.05) is 12.1 Å². The van der Waals surface area contributed by atoms with E-state index in [0.29, 0.717) is 5.69 Å². The predicted molar refractivity (Wildman–Crippen MR) is 76.7 cm³/mol. The van der Waals surface area contributed by atoms with Crippen LogP contribution in [0.15, 0.2) is 34.8 Å². The van der Waals surface area contributed by atoms with Crippen molar-refractivity contribution in [1.29, 1.82) is 0 Å². The zero-order valence-corrected chi connectivity index (χ0v) is 12.6. The maximum absolute atomic E-state index is 11.3. The number of aryl methyl sites for hydroxylation is 1. The van der Waals surface area contributed by atoms with E-state index in [4.69, 9.17) is 0 Å². The van der Waals surface area contributed by atoms with Gasteiger partial charge in [0.15, 0.2) is 0 Å². The molecule has 0 amide bonds. The molecule has 0 unspecified atom stereocenters. The summed E-state index contributed by atoms with van der Waals surface area (Å²) in [6.45, 7) is 5.22. The number of aromatic nitrogens is 2. The molecule has 2 rings (SSSR count). The van der Waals surface area contributed by atoms with E-state index in [1.54, 1.807) is 18.5 Å². The fourth-order valence-corrected chi connectivity index (χ4v) is 2.21. The Labute approximate surface area is 120 Å². The molecule has 0 atom stereocenters. The number of para-hydroxylation sites is 1. The van der Waals surface area contributed by atoms with E-state index < -0.39 is 11.4 Å². The van der Waals surface area contributed by atoms with Crippen LogP contribution in [0.4, 0.5) is 0 Å². The smallest absolute Gasteiger partial charge is 0.315 e. The van der Waals surface area contributed by atoms with E-state index in [2.05, 4.69) is 21.0 Å². The van der Waals surface area contributed by atoms with Gasteiger partial charge in [0.1, 0.15) is 5.41 Å². The Morgan fingerprint density at radius 1 is 1.37 bits per heavy atom. The molecule has 0 bridgehead atoms. The molecule has 1 N–H and O–H groups in total. The van der Waals surface area contributed by atoms with E-state index in [1.807, 2.05) is 37.3 Å². The zero-order valence-electron chi connectivity index (χ0n) is 11.0. The zero-order chi connectivity index (χ0) is 14.2. The molecule has 19 heavy (non-hydrogen) atoms. The van der Waals surface area contributed by atoms with Crippen molar-refractivity contribution in [3.05, 3.63) is 46.2 Å². The second-order valence-corrected chi connectivity index (χ2v) is 5.82. The molecule has 0 saturated heterocycles. The Hall–Kier alpha value is -1.62. The van der Waals surface area contributed by atoms with Crippen LogP contribution in [0.5, 0.6) is 0 Å². The minimum absolute atomic E-state index is 0.549. The van der Waals surface area contributed by atoms with Crippen LogP contribution in [-0.4, -0.2) is 20.9 Å². The Morgan fingerprint density at radius 3 is 2.58 bits per heavy atom. The molecule has 1 heterocycles. The van der Waals surface area contributed by atoms with Crippen LogP contribution < -0.4 is 0 Å². The maximum atomic E-state index is 11.3. The number of rotatable bonds is 3. The van der Waals surface area contributed by atoms with Crippen LogP contribution in [0.25, 0.3) is 5.69 Å². The summed E-state index contributed by atoms with van der Waals surface area (Å²) in [4.78, 5) is 11.3. The molecule has 100 valence electrons. The number of hydrogen-bond acceptors (Lipinski definition) is 2. The van der Waals surface area contributed by atoms with Crippen LogP contribution in [0, 0.1) is 6.92 Å². The van der Waals surface area contributed by atoms with Crippen molar-refractivity contribution in [2.45, 2.75) is 26.2 Å². The van der Waals surface area contributed by atoms with Gasteiger partial charge in [0.25, 0.3) is 0 Å². The van der Waals surface area contributed by atoms with Gasteiger partial charge in [0.05, 0.1) is 11.4 Å². The number of benzene rings is 1. The molecular weight excluding hydrogens is 308 g/mol. The van der Waals surface area contributed by atoms with Gasteiger partial charge in [-0.15, -0.1) is 0 Å². The molecular formula is C14H15BrN2O2. The van der Waals surface area contributed by atoms with Gasteiger partial charge in [-0.3, -0.25) is 4.79 Å². The number of nitrogens with zero attached hydrogens (tertiary/aromatic N) is 2. The van der Waals surface area contributed by atoms with Crippen molar-refractivity contribution in [2.24, 2.45) is 0 Å². The Morgan fingerprint density at radius 2 is 2.00 bits per heavy atom. The molecule has 1 aromatic heterocycles. The molecule has 2 aromatic rings. The van der Waals surface area contributed by atoms with Crippen LogP contribution in [0.3, 0.4) is 0 Å². The molecule has 0 radical (unpaired) electrons. The summed E-state index contributed by atoms with van der Waals surface area (Å²) in [6.07, 6.45) is 0. The second-order valence-electron chi connectivity index (χ2n) is 4.96. The van der Waals surface area contributed by atoms with Crippen molar-refractivity contribution < 1.29 is 9.90 Å². The maximum Gasteiger partial charge on any atom is 0.315 e. The first-order chi connectivity index (χ1) is 8.84. The van der Waals surface area contributed by atoms with Crippen LogP contribution >= 0.6 is 15.9 Å². The molecule has 0 aliphatic rings. The van der Waals surface area contributed by atoms with E-state index in [1.165, 1.54) is 0 Å². The van der Waals surface area contributed by atoms with Gasteiger partial charge >= 0.3 is 5.97 Å². The molecule has 1 aromatic carbocycles. The third-order valence-electron chi connectivity index (χ3n) is 3.14. The summed E-state index contributed by atoms with van der Waals surface area (Å²) in [5, 5.41) is 13.7. The third kappa shape index (κ3) is 2.42. The average Bonchev–Trinajstić information content (AvgIpc) is 2.72. The third-order valence-corrected chi connectivity index (χ3v) is 3.81. The SMILES string of the molecule is Cc1cc(C(C)(C)C(=O)O)nn1-c1ccccc1Br. The lowest BCUT2D eigenvalue weighted by Gasteiger charge is -2.15. The molecule has 0 saturated carbocycles. The molecule has 4 nitrogen and oxygen atoms in total. The summed E-state index contributed by atoms with van der Waals surface area (Å²) >= 11 is 3.48. The van der Waals surface area contributed by atoms with Gasteiger partial charge in [0.2, 0.25) is 0 Å². The molecule has 0 aliphatic carbocycles. The van der Waals surface area contributed by atoms with E-state index >= 15 is 0 Å². The lowest BCUT2D eigenvalue weighted by molar-refractivity contribution is -0.142. The Bertz CT molecular complexity index is 632. The lowest BCUT2D eigenvalue weighted by atomic mass is 9.89. The van der Waals surface area contributed by atoms with Crippen molar-refractivity contribution >= 4 is 21.9 Å². The fraction of sp³-hybridized carbons (Fsp3) is 0.286. The van der Waals surface area contributed by atoms with Gasteiger partial charge in [-0.25, -0.2) is 4.68 Å². The number of aliphatic carboxylic acids is 1. The normalized spacial score (nSPS) is 11.6. The van der Waals surface area contributed by atoms with Crippen molar-refractivity contribution in [3.8, 4) is 5.69 Å². The monoisotopic (exact) mass is 322 g/mol. The van der Waals surface area contributed by atoms with Gasteiger partial charge < -0.3 is 5.11 Å². The van der Waals surface area contributed by atoms with E-state index in [-0.39, 0.29) is 0 Å². The second kappa shape index (κ2) is 4.81. The highest BCUT2D eigenvalue weighted by molar-refractivity contribution is 9.10. The number of carbonyl (C=O) groups is 1. The highest BCUT2D eigenvalue weighted by Crippen LogP contribution is 2.27. The summed E-state index contributed by atoms with van der Waals surface area (Å²) in [5.74, 6) is -0.885. The summed E-state index contributed by atoms with van der Waals surface area (Å²) in [7, 11) is 0. The summed E-state index contributed by atoms with van der Waals surface area (Å²) in [5.41, 5.74) is 1.34. The fourth-order valence-electron chi connectivity index (χ4n) is 1.76. The lowest BCUT2D eigenvalue weighted by Crippen LogP contribution is -2.29. The van der Waals surface area contributed by atoms with Gasteiger partial charge in [-0.05, 0) is 54.9 Å². The van der Waals surface area contributed by atoms with Crippen LogP contribution in [0.1, 0.15) is 25.2 Å². The molecule has 0 spiro atoms. The molecule has 5 heteroatoms. The van der Waals surface area contributed by atoms with Crippen LogP contribution in [0.2, 0.25) is 0 Å². The molecule has 0 aliphatic heterocycles. The first-order valence-electron chi connectivity index (χ1n) is 5.89. The summed E-state index contributed by atoms with van der Waals surface area (Å²) in [6, 6.07) is 9.52. The number of carboxylic acid groups (broad SMARTS) is 1. The van der Waals surface area contributed by atoms with E-state index in [9.17, 15) is 9.90 Å². The van der Waals surface area contributed by atoms with Crippen LogP contribution in [-0.2, 0) is 10.2 Å². The molecule has 0 fully saturated rings. The summed E-state index contributed by atoms with van der Waals surface area (Å²) < 4.78 is 2.67. The first kappa shape index (κ1) is 13.8. The number of halogens is 1. The number of carboxylic acids is 1. The van der Waals surface area contributed by atoms with Gasteiger partial charge in [-0.2, -0.15) is 5.10 Å².